The van der Waals surface area contributed by atoms with Gasteiger partial charge in [-0.25, -0.2) is 4.98 Å². The number of rotatable bonds is 3. The van der Waals surface area contributed by atoms with E-state index in [0.29, 0.717) is 12.1 Å². The number of aliphatic hydroxyl groups excluding tert-OH is 1. The lowest BCUT2D eigenvalue weighted by Gasteiger charge is -2.09. The number of pyridine rings is 1. The third-order valence-electron chi connectivity index (χ3n) is 3.03. The van der Waals surface area contributed by atoms with Gasteiger partial charge in [0.1, 0.15) is 0 Å². The number of nitrogens with zero attached hydrogens (tertiary/aromatic N) is 3. The van der Waals surface area contributed by atoms with Crippen molar-refractivity contribution in [3.05, 3.63) is 41.7 Å². The van der Waals surface area contributed by atoms with Gasteiger partial charge in [-0.1, -0.05) is 6.92 Å². The smallest absolute Gasteiger partial charge is 0.0997 e. The van der Waals surface area contributed by atoms with Crippen molar-refractivity contribution < 1.29 is 5.11 Å². The number of hydrogen-bond donors (Lipinski definition) is 1. The molecule has 17 heavy (non-hydrogen) atoms. The van der Waals surface area contributed by atoms with Crippen molar-refractivity contribution in [1.82, 2.24) is 14.5 Å². The predicted molar refractivity (Wildman–Crippen MR) is 66.1 cm³/mol. The van der Waals surface area contributed by atoms with E-state index >= 15 is 0 Å². The second-order valence-electron chi connectivity index (χ2n) is 4.15. The molecule has 0 saturated carbocycles. The minimum atomic E-state index is -0.477. The summed E-state index contributed by atoms with van der Waals surface area (Å²) in [4.78, 5) is 8.53. The molecule has 0 fully saturated rings. The van der Waals surface area contributed by atoms with Crippen LogP contribution in [0.5, 0.6) is 0 Å². The lowest BCUT2D eigenvalue weighted by atomic mass is 10.2. The van der Waals surface area contributed by atoms with Gasteiger partial charge in [0.2, 0.25) is 0 Å². The third kappa shape index (κ3) is 2.22. The van der Waals surface area contributed by atoms with E-state index in [4.69, 9.17) is 0 Å². The minimum Gasteiger partial charge on any atom is -0.387 e. The van der Waals surface area contributed by atoms with E-state index < -0.39 is 6.10 Å². The Balaban J connectivity index is 2.32. The average Bonchev–Trinajstić information content (AvgIpc) is 2.69. The van der Waals surface area contributed by atoms with Gasteiger partial charge in [-0.05, 0) is 32.4 Å². The van der Waals surface area contributed by atoms with Crippen molar-refractivity contribution in [2.45, 2.75) is 33.3 Å². The molecule has 0 aromatic carbocycles. The molecule has 0 radical (unpaired) electrons. The Hall–Kier alpha value is -1.68. The molecule has 1 atom stereocenters. The molecule has 0 aliphatic carbocycles. The molecule has 0 aliphatic heterocycles. The van der Waals surface area contributed by atoms with Gasteiger partial charge in [-0.15, -0.1) is 0 Å². The van der Waals surface area contributed by atoms with Crippen LogP contribution in [0.2, 0.25) is 0 Å². The summed E-state index contributed by atoms with van der Waals surface area (Å²) in [6.07, 6.45) is 3.75. The summed E-state index contributed by atoms with van der Waals surface area (Å²) in [5.41, 5.74) is 3.80. The first-order valence-electron chi connectivity index (χ1n) is 5.78. The van der Waals surface area contributed by atoms with E-state index in [0.717, 1.165) is 17.1 Å². The highest BCUT2D eigenvalue weighted by atomic mass is 16.3. The highest BCUT2D eigenvalue weighted by molar-refractivity contribution is 5.33. The van der Waals surface area contributed by atoms with Gasteiger partial charge in [-0.3, -0.25) is 4.98 Å². The molecular weight excluding hydrogens is 214 g/mol. The van der Waals surface area contributed by atoms with Gasteiger partial charge >= 0.3 is 0 Å². The van der Waals surface area contributed by atoms with Crippen molar-refractivity contribution in [1.29, 1.82) is 0 Å². The highest BCUT2D eigenvalue weighted by Crippen LogP contribution is 2.17. The van der Waals surface area contributed by atoms with Gasteiger partial charge in [0.25, 0.3) is 0 Å². The molecule has 2 rings (SSSR count). The van der Waals surface area contributed by atoms with E-state index in [1.807, 2.05) is 37.5 Å². The van der Waals surface area contributed by atoms with Crippen molar-refractivity contribution >= 4 is 0 Å². The van der Waals surface area contributed by atoms with Crippen molar-refractivity contribution in [2.24, 2.45) is 0 Å². The van der Waals surface area contributed by atoms with Gasteiger partial charge in [0.15, 0.2) is 0 Å². The number of imidazole rings is 1. The van der Waals surface area contributed by atoms with Gasteiger partial charge in [0.05, 0.1) is 35.7 Å². The maximum atomic E-state index is 9.67. The van der Waals surface area contributed by atoms with E-state index in [1.54, 1.807) is 12.5 Å². The molecule has 2 aromatic rings. The second-order valence-corrected chi connectivity index (χ2v) is 4.15. The van der Waals surface area contributed by atoms with E-state index in [1.165, 1.54) is 0 Å². The first-order valence-corrected chi connectivity index (χ1v) is 5.78. The fourth-order valence-corrected chi connectivity index (χ4v) is 1.71. The number of hydrogen-bond acceptors (Lipinski definition) is 3. The highest BCUT2D eigenvalue weighted by Gasteiger charge is 2.08. The number of aliphatic hydroxyl groups is 1. The number of aromatic nitrogens is 3. The molecule has 0 unspecified atom stereocenters. The third-order valence-corrected chi connectivity index (χ3v) is 3.03. The van der Waals surface area contributed by atoms with Crippen LogP contribution >= 0.6 is 0 Å². The Kier molecular flexibility index (Phi) is 3.24. The van der Waals surface area contributed by atoms with Gasteiger partial charge in [0, 0.05) is 5.69 Å². The molecule has 2 heterocycles. The number of aryl methyl sites for hydroxylation is 1. The quantitative estimate of drug-likeness (QED) is 0.882. The Morgan fingerprint density at radius 2 is 2.06 bits per heavy atom. The SMILES string of the molecule is CC[C@H](O)c1ccc(-n2cnc(C)c2C)cn1. The van der Waals surface area contributed by atoms with Crippen LogP contribution in [0.1, 0.15) is 36.5 Å². The van der Waals surface area contributed by atoms with E-state index in [9.17, 15) is 5.11 Å². The summed E-state index contributed by atoms with van der Waals surface area (Å²) in [7, 11) is 0. The molecule has 2 aromatic heterocycles. The summed E-state index contributed by atoms with van der Waals surface area (Å²) < 4.78 is 1.99. The summed E-state index contributed by atoms with van der Waals surface area (Å²) in [5, 5.41) is 9.67. The summed E-state index contributed by atoms with van der Waals surface area (Å²) in [6.45, 7) is 5.94. The standard InChI is InChI=1S/C13H17N3O/c1-4-13(17)12-6-5-11(7-14-12)16-8-15-9(2)10(16)3/h5-8,13,17H,4H2,1-3H3/t13-/m0/s1. The van der Waals surface area contributed by atoms with E-state index in [2.05, 4.69) is 9.97 Å². The van der Waals surface area contributed by atoms with Crippen LogP contribution in [0, 0.1) is 13.8 Å². The van der Waals surface area contributed by atoms with Crippen LogP contribution in [0.4, 0.5) is 0 Å². The molecule has 1 N–H and O–H groups in total. The Morgan fingerprint density at radius 3 is 2.53 bits per heavy atom. The van der Waals surface area contributed by atoms with Gasteiger partial charge < -0.3 is 9.67 Å². The van der Waals surface area contributed by atoms with Crippen LogP contribution in [-0.4, -0.2) is 19.6 Å². The second kappa shape index (κ2) is 4.67. The summed E-state index contributed by atoms with van der Waals surface area (Å²) >= 11 is 0. The Bertz CT molecular complexity index is 502. The minimum absolute atomic E-state index is 0.477. The van der Waals surface area contributed by atoms with E-state index in [-0.39, 0.29) is 0 Å². The zero-order chi connectivity index (χ0) is 12.4. The zero-order valence-electron chi connectivity index (χ0n) is 10.4. The van der Waals surface area contributed by atoms with Crippen LogP contribution in [0.15, 0.2) is 24.7 Å². The fourth-order valence-electron chi connectivity index (χ4n) is 1.71. The van der Waals surface area contributed by atoms with Crippen LogP contribution in [-0.2, 0) is 0 Å². The Morgan fingerprint density at radius 1 is 1.29 bits per heavy atom. The maximum Gasteiger partial charge on any atom is 0.0997 e. The first kappa shape index (κ1) is 11.8. The summed E-state index contributed by atoms with van der Waals surface area (Å²) in [6, 6.07) is 3.81. The zero-order valence-corrected chi connectivity index (χ0v) is 10.4. The fraction of sp³-hybridized carbons (Fsp3) is 0.385. The molecule has 0 aliphatic rings. The lowest BCUT2D eigenvalue weighted by Crippen LogP contribution is -2.01. The molecule has 0 amide bonds. The van der Waals surface area contributed by atoms with Gasteiger partial charge in [-0.2, -0.15) is 0 Å². The first-order chi connectivity index (χ1) is 8.13. The predicted octanol–water partition coefficient (Wildman–Crippen LogP) is 2.33. The molecular formula is C13H17N3O. The maximum absolute atomic E-state index is 9.67. The van der Waals surface area contributed by atoms with Crippen molar-refractivity contribution in [2.75, 3.05) is 0 Å². The molecule has 0 spiro atoms. The molecule has 4 nitrogen and oxygen atoms in total. The van der Waals surface area contributed by atoms with Crippen LogP contribution in [0.3, 0.4) is 0 Å². The average molecular weight is 231 g/mol. The Labute approximate surface area is 101 Å². The van der Waals surface area contributed by atoms with Crippen molar-refractivity contribution in [3.63, 3.8) is 0 Å². The topological polar surface area (TPSA) is 50.9 Å². The molecule has 0 saturated heterocycles. The largest absolute Gasteiger partial charge is 0.387 e. The lowest BCUT2D eigenvalue weighted by molar-refractivity contribution is 0.169. The van der Waals surface area contributed by atoms with Crippen LogP contribution in [0.25, 0.3) is 5.69 Å². The molecule has 4 heteroatoms. The molecule has 90 valence electrons. The summed E-state index contributed by atoms with van der Waals surface area (Å²) in [5.74, 6) is 0. The van der Waals surface area contributed by atoms with Crippen LogP contribution < -0.4 is 0 Å². The van der Waals surface area contributed by atoms with Crippen molar-refractivity contribution in [3.8, 4) is 5.69 Å². The normalized spacial score (nSPS) is 12.7. The monoisotopic (exact) mass is 231 g/mol. The molecule has 0 bridgehead atoms.